The molecular weight excluding hydrogens is 1230 g/mol. The van der Waals surface area contributed by atoms with Gasteiger partial charge in [0.2, 0.25) is 0 Å². The second kappa shape index (κ2) is 0. The Balaban J connectivity index is 0. The molecule has 816 valence electrons. The lowest BCUT2D eigenvalue weighted by Crippen LogP contribution is 0.143. The summed E-state index contributed by atoms with van der Waals surface area (Å²) in [7, 11) is 0. The van der Waals surface area contributed by atoms with E-state index in [2.05, 4.69) is 0 Å². The predicted octanol–water partition coefficient (Wildman–Crippen LogP) is 64.9. The molecule has 0 aromatic rings. The van der Waals surface area contributed by atoms with Crippen molar-refractivity contribution in [3.05, 3.63) is 0 Å². The molecular formula is C102H408. The number of hydrogen-bond donors (Lipinski definition) is 0. The summed E-state index contributed by atoms with van der Waals surface area (Å²) in [6.45, 7) is 0. The average Bonchev–Trinajstić information content (AvgIpc) is 0. The zero-order valence-corrected chi connectivity index (χ0v) is 0. The van der Waals surface area contributed by atoms with E-state index in [1.165, 1.54) is 0 Å². The van der Waals surface area contributed by atoms with Crippen molar-refractivity contribution < 1.29 is 0 Å². The molecule has 0 spiro atoms. The quantitative estimate of drug-likeness (QED) is 0.227. The van der Waals surface area contributed by atoms with Crippen LogP contribution in [0.3, 0.4) is 0 Å². The Bertz CT molecular complexity index is 0. The molecule has 0 atom stereocenters. The molecule has 0 aromatic carbocycles. The molecule has 0 radical (unpaired) electrons. The highest BCUT2D eigenvalue weighted by Crippen LogP contribution is 0.245. The Kier molecular flexibility index (Phi) is 0. The molecule has 0 unspecified atom stereocenters. The molecule has 0 aliphatic rings. The summed E-state index contributed by atoms with van der Waals surface area (Å²) in [5.41, 5.74) is 0. The predicted molar refractivity (Wildman–Crippen MR) is 687 cm³/mol. The van der Waals surface area contributed by atoms with Gasteiger partial charge in [0.1, 0.15) is 0 Å². The average molecular weight is 1640 g/mol. The Morgan fingerprint density at radius 1 is 0.00980 bits per heavy atom. The van der Waals surface area contributed by atoms with E-state index in [0.29, 0.717) is 0 Å². The van der Waals surface area contributed by atoms with E-state index in [1.54, 1.807) is 0 Å². The fraction of sp³-hybridized carbons (Fsp3) is 1.00. The van der Waals surface area contributed by atoms with Crippen LogP contribution in [0, 0.1) is 0 Å². The Labute approximate surface area is 753 Å². The number of hydrogen-bond acceptors (Lipinski definition) is 0. The molecule has 0 aromatic heterocycles. The summed E-state index contributed by atoms with van der Waals surface area (Å²) >= 11 is 0. The van der Waals surface area contributed by atoms with Crippen molar-refractivity contribution in [3.63, 3.8) is 0 Å². The molecule has 102 heavy (non-hydrogen) atoms. The van der Waals surface area contributed by atoms with E-state index in [-0.39, 0.29) is 758 Å². The van der Waals surface area contributed by atoms with Gasteiger partial charge >= 0.3 is 0 Å². The van der Waals surface area contributed by atoms with Crippen LogP contribution in [0.2, 0.25) is 0 Å². The summed E-state index contributed by atoms with van der Waals surface area (Å²) in [6.07, 6.45) is 0. The van der Waals surface area contributed by atoms with E-state index in [1.807, 2.05) is 0 Å². The highest BCUT2D eigenvalue weighted by atomic mass is 12.1. The fourth-order valence-corrected chi connectivity index (χ4v) is 0. The van der Waals surface area contributed by atoms with Crippen molar-refractivity contribution >= 4 is 0 Å². The minimum atomic E-state index is 0. The third-order valence-corrected chi connectivity index (χ3v) is 0. The minimum Gasteiger partial charge on any atom is -0.0776 e. The molecule has 0 rings (SSSR count). The van der Waals surface area contributed by atoms with Gasteiger partial charge in [-0.05, 0) is 0 Å². The molecule has 0 saturated carbocycles. The van der Waals surface area contributed by atoms with Gasteiger partial charge in [-0.25, -0.2) is 0 Å². The lowest BCUT2D eigenvalue weighted by atomic mass is 12.0. The van der Waals surface area contributed by atoms with Crippen LogP contribution in [-0.4, -0.2) is 0 Å². The largest absolute Gasteiger partial charge is 0.0776 e. The molecule has 0 aliphatic heterocycles. The first-order valence-corrected chi connectivity index (χ1v) is 0. The normalized spacial score (nSPS) is 0. The number of rotatable bonds is 0. The van der Waals surface area contributed by atoms with Gasteiger partial charge in [-0.15, -0.1) is 0 Å². The van der Waals surface area contributed by atoms with Crippen molar-refractivity contribution in [1.82, 2.24) is 0 Å². The van der Waals surface area contributed by atoms with Gasteiger partial charge in [-0.1, -0.05) is 758 Å². The lowest BCUT2D eigenvalue weighted by molar-refractivity contribution is 2.50. The van der Waals surface area contributed by atoms with Gasteiger partial charge < -0.3 is 0 Å². The summed E-state index contributed by atoms with van der Waals surface area (Å²) in [5, 5.41) is 0. The first-order valence-electron chi connectivity index (χ1n) is 0. The van der Waals surface area contributed by atoms with Gasteiger partial charge in [0.05, 0.1) is 0 Å². The second-order valence-corrected chi connectivity index (χ2v) is 0. The van der Waals surface area contributed by atoms with E-state index < -0.39 is 0 Å². The molecule has 0 N–H and O–H groups in total. The van der Waals surface area contributed by atoms with Crippen molar-refractivity contribution in [2.45, 2.75) is 758 Å². The van der Waals surface area contributed by atoms with Crippen LogP contribution in [0.15, 0.2) is 0 Å². The molecule has 0 nitrogen and oxygen atoms in total. The van der Waals surface area contributed by atoms with Gasteiger partial charge in [0.15, 0.2) is 0 Å². The highest BCUT2D eigenvalue weighted by molar-refractivity contribution is 2.60. The maximum absolute atomic E-state index is 0. The highest BCUT2D eigenvalue weighted by Gasteiger charge is 0.0234. The summed E-state index contributed by atoms with van der Waals surface area (Å²) < 4.78 is 0. The molecule has 0 amide bonds. The van der Waals surface area contributed by atoms with E-state index in [0.717, 1.165) is 0 Å². The summed E-state index contributed by atoms with van der Waals surface area (Å²) in [5.74, 6) is 0. The van der Waals surface area contributed by atoms with Crippen molar-refractivity contribution in [1.29, 1.82) is 0 Å². The SMILES string of the molecule is C.C.C.C.C.C.C.C.C.C.C.C.C.C.C.C.C.C.C.C.C.C.C.C.C.C.C.C.C.C.C.C.C.C.C.C.C.C.C.C.C.C.C.C.C.C.C.C.C.C.C.C.C.C.C.C.C.C.C.C.C.C.C.C.C.C.C.C.C.C.C.C.C.C.C.C.C.C.C.C.C.C.C.C.C.C.C.C.C.C.C.C.C.C.C.C.C.C.C.C.C.C. The Morgan fingerprint density at radius 2 is 0.00980 bits per heavy atom. The first kappa shape index (κ1) is 0. The lowest BCUT2D eigenvalue weighted by Gasteiger charge is -0.0786. The zero-order valence-electron chi connectivity index (χ0n) is 0. The Hall–Kier alpha value is 0. The van der Waals surface area contributed by atoms with E-state index in [4.69, 9.17) is 0 Å². The maximum atomic E-state index is 0. The molecule has 0 saturated heterocycles. The zero-order chi connectivity index (χ0) is 0. The summed E-state index contributed by atoms with van der Waals surface area (Å²) in [4.78, 5) is 0. The minimum absolute atomic E-state index is 0. The first-order chi connectivity index (χ1) is 0. The van der Waals surface area contributed by atoms with Crippen molar-refractivity contribution in [3.8, 4) is 0 Å². The monoisotopic (exact) mass is 1640 g/mol. The fourth-order valence-electron chi connectivity index (χ4n) is 0. The van der Waals surface area contributed by atoms with Crippen LogP contribution in [0.5, 0.6) is 0 Å². The standard InChI is InChI=1S/102CH4/h102*1H4. The molecule has 0 fully saturated rings. The van der Waals surface area contributed by atoms with Crippen LogP contribution in [0.4, 0.5) is 0 Å². The molecule has 0 heterocycles. The van der Waals surface area contributed by atoms with Crippen molar-refractivity contribution in [2.24, 2.45) is 0 Å². The Morgan fingerprint density at radius 3 is 0.00980 bits per heavy atom. The third kappa shape index (κ3) is 0. The molecule has 0 bridgehead atoms. The van der Waals surface area contributed by atoms with Gasteiger partial charge in [0, 0.05) is 0 Å². The van der Waals surface area contributed by atoms with Crippen LogP contribution in [0.25, 0.3) is 0 Å². The van der Waals surface area contributed by atoms with Gasteiger partial charge in [-0.3, -0.25) is 0 Å². The van der Waals surface area contributed by atoms with Gasteiger partial charge in [-0.2, -0.15) is 0 Å². The second-order valence-electron chi connectivity index (χ2n) is 0. The van der Waals surface area contributed by atoms with E-state index in [9.17, 15) is 0 Å². The van der Waals surface area contributed by atoms with Crippen LogP contribution in [-0.2, 0) is 0 Å². The molecule has 0 aliphatic carbocycles. The van der Waals surface area contributed by atoms with Crippen LogP contribution >= 0.6 is 0 Å². The molecule has 0 heteroatoms. The van der Waals surface area contributed by atoms with Crippen LogP contribution in [0.1, 0.15) is 758 Å². The smallest absolute Gasteiger partial charge is 0.0776 e. The van der Waals surface area contributed by atoms with Crippen LogP contribution < -0.4 is 0 Å². The van der Waals surface area contributed by atoms with E-state index >= 15 is 0 Å². The summed E-state index contributed by atoms with van der Waals surface area (Å²) in [6, 6.07) is 0. The van der Waals surface area contributed by atoms with Gasteiger partial charge in [0.25, 0.3) is 0 Å². The maximum Gasteiger partial charge on any atom is -0.0776 e. The van der Waals surface area contributed by atoms with Crippen molar-refractivity contribution in [2.75, 3.05) is 0 Å². The topological polar surface area (TPSA) is 0 Å². The third-order valence-electron chi connectivity index (χ3n) is 0.